The van der Waals surface area contributed by atoms with Crippen molar-refractivity contribution < 1.29 is 23.5 Å². The molecule has 0 saturated heterocycles. The van der Waals surface area contributed by atoms with Gasteiger partial charge < -0.3 is 24.1 Å². The van der Waals surface area contributed by atoms with E-state index in [9.17, 15) is 4.79 Å². The standard InChI is InChI=1S/C23H19N5O5/c1-28-17-10-13(4-5-14(17)22(27-28)26-23(29)19-7-9-25-33-19)32-18-6-8-24-16-12-21(31-3)20(30-2)11-15(16)18/h4-12H,1-3H3,(H,26,27,29). The first kappa shape index (κ1) is 20.3. The number of fused-ring (bicyclic) bond motifs is 2. The monoisotopic (exact) mass is 445 g/mol. The minimum atomic E-state index is -0.430. The Labute approximate surface area is 187 Å². The number of nitrogens with one attached hydrogen (secondary N) is 1. The van der Waals surface area contributed by atoms with Crippen LogP contribution in [0.3, 0.4) is 0 Å². The van der Waals surface area contributed by atoms with Crippen LogP contribution >= 0.6 is 0 Å². The number of aromatic nitrogens is 4. The molecule has 166 valence electrons. The Hall–Kier alpha value is -4.60. The van der Waals surface area contributed by atoms with Crippen LogP contribution in [-0.4, -0.2) is 40.0 Å². The summed E-state index contributed by atoms with van der Waals surface area (Å²) in [4.78, 5) is 16.7. The van der Waals surface area contributed by atoms with Gasteiger partial charge in [-0.15, -0.1) is 0 Å². The summed E-state index contributed by atoms with van der Waals surface area (Å²) in [5.41, 5.74) is 1.49. The quantitative estimate of drug-likeness (QED) is 0.414. The molecule has 2 aromatic carbocycles. The third-order valence-corrected chi connectivity index (χ3v) is 5.15. The van der Waals surface area contributed by atoms with Crippen LogP contribution in [0, 0.1) is 0 Å². The van der Waals surface area contributed by atoms with E-state index in [0.717, 1.165) is 16.3 Å². The summed E-state index contributed by atoms with van der Waals surface area (Å²) in [6.07, 6.45) is 3.08. The minimum absolute atomic E-state index is 0.102. The number of hydrogen-bond donors (Lipinski definition) is 1. The molecule has 1 amide bonds. The summed E-state index contributed by atoms with van der Waals surface area (Å²) in [6.45, 7) is 0. The second-order valence-electron chi connectivity index (χ2n) is 7.12. The fraction of sp³-hybridized carbons (Fsp3) is 0.130. The van der Waals surface area contributed by atoms with Gasteiger partial charge in [0.2, 0.25) is 5.76 Å². The number of nitrogens with zero attached hydrogens (tertiary/aromatic N) is 4. The van der Waals surface area contributed by atoms with E-state index in [0.29, 0.717) is 34.3 Å². The van der Waals surface area contributed by atoms with Gasteiger partial charge in [0, 0.05) is 42.2 Å². The summed E-state index contributed by atoms with van der Waals surface area (Å²) in [5, 5.41) is 12.2. The summed E-state index contributed by atoms with van der Waals surface area (Å²) < 4.78 is 23.5. The topological polar surface area (TPSA) is 114 Å². The van der Waals surface area contributed by atoms with Crippen LogP contribution in [0.5, 0.6) is 23.0 Å². The molecule has 3 heterocycles. The normalized spacial score (nSPS) is 11.0. The molecule has 0 aliphatic heterocycles. The van der Waals surface area contributed by atoms with E-state index in [4.69, 9.17) is 18.7 Å². The van der Waals surface area contributed by atoms with E-state index < -0.39 is 5.91 Å². The Morgan fingerprint density at radius 2 is 1.79 bits per heavy atom. The Morgan fingerprint density at radius 1 is 0.970 bits per heavy atom. The number of rotatable bonds is 6. The van der Waals surface area contributed by atoms with Gasteiger partial charge >= 0.3 is 0 Å². The number of methoxy groups -OCH3 is 2. The van der Waals surface area contributed by atoms with Crippen molar-refractivity contribution in [1.29, 1.82) is 0 Å². The van der Waals surface area contributed by atoms with Crippen LogP contribution in [0.25, 0.3) is 21.8 Å². The minimum Gasteiger partial charge on any atom is -0.493 e. The van der Waals surface area contributed by atoms with Gasteiger partial charge in [-0.3, -0.25) is 14.5 Å². The van der Waals surface area contributed by atoms with Gasteiger partial charge in [-0.25, -0.2) is 0 Å². The zero-order chi connectivity index (χ0) is 22.9. The van der Waals surface area contributed by atoms with Crippen LogP contribution in [0.4, 0.5) is 5.82 Å². The van der Waals surface area contributed by atoms with E-state index in [-0.39, 0.29) is 5.76 Å². The van der Waals surface area contributed by atoms with Crippen molar-refractivity contribution >= 4 is 33.5 Å². The van der Waals surface area contributed by atoms with Gasteiger partial charge in [-0.1, -0.05) is 5.16 Å². The Bertz CT molecular complexity index is 1480. The second kappa shape index (κ2) is 8.15. The molecule has 0 unspecified atom stereocenters. The smallest absolute Gasteiger partial charge is 0.295 e. The molecule has 10 heteroatoms. The van der Waals surface area contributed by atoms with E-state index in [2.05, 4.69) is 20.6 Å². The van der Waals surface area contributed by atoms with Crippen LogP contribution in [0.1, 0.15) is 10.6 Å². The van der Waals surface area contributed by atoms with Gasteiger partial charge in [-0.2, -0.15) is 5.10 Å². The molecule has 10 nitrogen and oxygen atoms in total. The lowest BCUT2D eigenvalue weighted by molar-refractivity contribution is 0.0987. The highest BCUT2D eigenvalue weighted by Gasteiger charge is 2.17. The molecule has 0 aliphatic carbocycles. The highest BCUT2D eigenvalue weighted by atomic mass is 16.5. The number of amides is 1. The van der Waals surface area contributed by atoms with Crippen molar-refractivity contribution in [3.63, 3.8) is 0 Å². The summed E-state index contributed by atoms with van der Waals surface area (Å²) >= 11 is 0. The van der Waals surface area contributed by atoms with Crippen molar-refractivity contribution in [2.45, 2.75) is 0 Å². The molecule has 0 radical (unpaired) electrons. The van der Waals surface area contributed by atoms with Crippen molar-refractivity contribution in [1.82, 2.24) is 19.9 Å². The molecule has 0 fully saturated rings. The third-order valence-electron chi connectivity index (χ3n) is 5.15. The molecular weight excluding hydrogens is 426 g/mol. The Morgan fingerprint density at radius 3 is 2.55 bits per heavy atom. The maximum absolute atomic E-state index is 12.3. The lowest BCUT2D eigenvalue weighted by Gasteiger charge is -2.12. The molecule has 5 aromatic rings. The highest BCUT2D eigenvalue weighted by Crippen LogP contribution is 2.37. The first-order valence-corrected chi connectivity index (χ1v) is 9.94. The van der Waals surface area contributed by atoms with Crippen LogP contribution in [-0.2, 0) is 7.05 Å². The van der Waals surface area contributed by atoms with Gasteiger partial charge in [0.25, 0.3) is 5.91 Å². The summed E-state index contributed by atoms with van der Waals surface area (Å²) in [7, 11) is 4.94. The number of hydrogen-bond acceptors (Lipinski definition) is 8. The maximum atomic E-state index is 12.3. The van der Waals surface area contributed by atoms with Crippen molar-refractivity contribution in [2.24, 2.45) is 7.05 Å². The van der Waals surface area contributed by atoms with Crippen LogP contribution in [0.15, 0.2) is 59.4 Å². The van der Waals surface area contributed by atoms with Crippen LogP contribution in [0.2, 0.25) is 0 Å². The molecule has 1 N–H and O–H groups in total. The van der Waals surface area contributed by atoms with Crippen molar-refractivity contribution in [2.75, 3.05) is 19.5 Å². The molecule has 33 heavy (non-hydrogen) atoms. The molecule has 0 atom stereocenters. The van der Waals surface area contributed by atoms with Gasteiger partial charge in [0.1, 0.15) is 11.5 Å². The number of benzene rings is 2. The average molecular weight is 445 g/mol. The van der Waals surface area contributed by atoms with E-state index in [1.807, 2.05) is 18.2 Å². The number of carbonyl (C=O) groups is 1. The van der Waals surface area contributed by atoms with Gasteiger partial charge in [-0.05, 0) is 24.3 Å². The molecule has 0 spiro atoms. The molecule has 0 aliphatic rings. The zero-order valence-corrected chi connectivity index (χ0v) is 18.0. The van der Waals surface area contributed by atoms with E-state index in [1.165, 1.54) is 12.3 Å². The van der Waals surface area contributed by atoms with E-state index >= 15 is 0 Å². The SMILES string of the molecule is COc1cc2nccc(Oc3ccc4c(NC(=O)c5ccno5)nn(C)c4c3)c2cc1OC. The second-order valence-corrected chi connectivity index (χ2v) is 7.12. The van der Waals surface area contributed by atoms with E-state index in [1.54, 1.807) is 50.3 Å². The zero-order valence-electron chi connectivity index (χ0n) is 18.0. The van der Waals surface area contributed by atoms with Crippen molar-refractivity contribution in [3.05, 3.63) is 60.6 Å². The predicted molar refractivity (Wildman–Crippen MR) is 120 cm³/mol. The molecular formula is C23H19N5O5. The predicted octanol–water partition coefficient (Wildman–Crippen LogP) is 4.17. The number of ether oxygens (including phenoxy) is 3. The Kier molecular flexibility index (Phi) is 5.02. The summed E-state index contributed by atoms with van der Waals surface area (Å²) in [5.74, 6) is 2.46. The molecule has 5 rings (SSSR count). The first-order valence-electron chi connectivity index (χ1n) is 9.94. The maximum Gasteiger partial charge on any atom is 0.295 e. The largest absolute Gasteiger partial charge is 0.493 e. The fourth-order valence-corrected chi connectivity index (χ4v) is 3.56. The number of pyridine rings is 1. The number of carbonyl (C=O) groups excluding carboxylic acids is 1. The lowest BCUT2D eigenvalue weighted by Crippen LogP contribution is -2.11. The fourth-order valence-electron chi connectivity index (χ4n) is 3.56. The number of aryl methyl sites for hydroxylation is 1. The number of anilines is 1. The molecule has 0 saturated carbocycles. The molecule has 3 aromatic heterocycles. The summed E-state index contributed by atoms with van der Waals surface area (Å²) in [6, 6.07) is 12.4. The third kappa shape index (κ3) is 3.67. The van der Waals surface area contributed by atoms with Crippen LogP contribution < -0.4 is 19.5 Å². The lowest BCUT2D eigenvalue weighted by atomic mass is 10.1. The highest BCUT2D eigenvalue weighted by molar-refractivity contribution is 6.06. The van der Waals surface area contributed by atoms with Gasteiger partial charge in [0.05, 0.1) is 31.4 Å². The Balaban J connectivity index is 1.48. The first-order chi connectivity index (χ1) is 16.1. The van der Waals surface area contributed by atoms with Gasteiger partial charge in [0.15, 0.2) is 17.3 Å². The molecule has 0 bridgehead atoms. The van der Waals surface area contributed by atoms with Crippen molar-refractivity contribution in [3.8, 4) is 23.0 Å². The average Bonchev–Trinajstić information content (AvgIpc) is 3.47.